The van der Waals surface area contributed by atoms with E-state index in [4.69, 9.17) is 4.74 Å². The minimum absolute atomic E-state index is 0.0681. The zero-order valence-electron chi connectivity index (χ0n) is 33.9. The van der Waals surface area contributed by atoms with E-state index in [2.05, 4.69) is 64.8 Å². The van der Waals surface area contributed by atoms with Gasteiger partial charge in [-0.05, 0) is 141 Å². The first-order chi connectivity index (χ1) is 24.6. The molecule has 4 fully saturated rings. The Kier molecular flexibility index (Phi) is 10.0. The van der Waals surface area contributed by atoms with Crippen molar-refractivity contribution in [1.29, 1.82) is 0 Å². The molecule has 6 rings (SSSR count). The summed E-state index contributed by atoms with van der Waals surface area (Å²) in [6.07, 6.45) is 13.4. The maximum absolute atomic E-state index is 14.0. The smallest absolute Gasteiger partial charge is 0.309 e. The minimum atomic E-state index is -1.17. The van der Waals surface area contributed by atoms with Gasteiger partial charge in [-0.2, -0.15) is 0 Å². The maximum atomic E-state index is 14.0. The third-order valence-electron chi connectivity index (χ3n) is 15.6. The van der Waals surface area contributed by atoms with Gasteiger partial charge < -0.3 is 15.2 Å². The molecule has 5 aliphatic carbocycles. The Morgan fingerprint density at radius 1 is 0.943 bits per heavy atom. The van der Waals surface area contributed by atoms with Gasteiger partial charge in [0.15, 0.2) is 5.78 Å². The van der Waals surface area contributed by atoms with Crippen molar-refractivity contribution in [3.05, 3.63) is 53.4 Å². The molecule has 53 heavy (non-hydrogen) atoms. The fourth-order valence-corrected chi connectivity index (χ4v) is 13.2. The molecule has 0 spiro atoms. The van der Waals surface area contributed by atoms with Crippen LogP contribution >= 0.6 is 0 Å². The third kappa shape index (κ3) is 6.42. The lowest BCUT2D eigenvalue weighted by Gasteiger charge is -2.70. The quantitative estimate of drug-likeness (QED) is 0.192. The average molecular weight is 729 g/mol. The van der Waals surface area contributed by atoms with Gasteiger partial charge in [-0.3, -0.25) is 24.2 Å². The summed E-state index contributed by atoms with van der Waals surface area (Å²) >= 11 is 0. The molecule has 8 heteroatoms. The number of ketones is 1. The first-order valence-electron chi connectivity index (χ1n) is 20.2. The highest BCUT2D eigenvalue weighted by Gasteiger charge is 2.69. The van der Waals surface area contributed by atoms with Crippen LogP contribution in [0.5, 0.6) is 0 Å². The number of aromatic nitrogens is 1. The first-order valence-corrected chi connectivity index (χ1v) is 20.2. The molecule has 1 aromatic rings. The summed E-state index contributed by atoms with van der Waals surface area (Å²) in [4.78, 5) is 56.6. The zero-order chi connectivity index (χ0) is 38.9. The molecule has 0 aromatic carbocycles. The van der Waals surface area contributed by atoms with Crippen molar-refractivity contribution < 1.29 is 29.0 Å². The van der Waals surface area contributed by atoms with Crippen LogP contribution in [0.1, 0.15) is 145 Å². The van der Waals surface area contributed by atoms with Crippen molar-refractivity contribution in [1.82, 2.24) is 10.3 Å². The number of ether oxygens (including phenoxy) is 1. The van der Waals surface area contributed by atoms with E-state index in [0.717, 1.165) is 62.6 Å². The molecule has 0 bridgehead atoms. The second-order valence-electron chi connectivity index (χ2n) is 19.9. The van der Waals surface area contributed by atoms with Crippen LogP contribution < -0.4 is 5.32 Å². The van der Waals surface area contributed by atoms with Gasteiger partial charge in [-0.25, -0.2) is 0 Å². The van der Waals surface area contributed by atoms with Crippen LogP contribution in [0.3, 0.4) is 0 Å². The van der Waals surface area contributed by atoms with Crippen LogP contribution in [-0.4, -0.2) is 39.8 Å². The lowest BCUT2D eigenvalue weighted by molar-refractivity contribution is -0.221. The van der Waals surface area contributed by atoms with E-state index in [9.17, 15) is 24.3 Å². The molecule has 1 aromatic heterocycles. The fourth-order valence-electron chi connectivity index (χ4n) is 13.2. The molecule has 2 N–H and O–H groups in total. The van der Waals surface area contributed by atoms with Crippen molar-refractivity contribution in [2.75, 3.05) is 0 Å². The molecule has 0 radical (unpaired) electrons. The van der Waals surface area contributed by atoms with Gasteiger partial charge >= 0.3 is 11.9 Å². The number of nitrogens with zero attached hydrogens (tertiary/aromatic N) is 1. The summed E-state index contributed by atoms with van der Waals surface area (Å²) in [6.45, 7) is 21.5. The van der Waals surface area contributed by atoms with E-state index in [1.165, 1.54) is 5.57 Å². The predicted octanol–water partition coefficient (Wildman–Crippen LogP) is 9.21. The standard InChI is InChI=1S/C45H64N2O6/c1-27(2)37-30(48)25-45(23-18-35(49)47-28(3)29-13-11-12-24-46-29)22-16-33-43(9)19-14-31-41(6,7)34(53-36(50)26-40(4,5)39(51)52)17-21-42(31,8)32(43)15-20-44(33,10)38(37)45/h11-13,18,23-24,27-28,31-34H,14-17,19-22,25-26H2,1-10H3,(H,47,49)(H,51,52)/b23-18+/t28-,31+,32-,33+,34+,42+,43-,44+,45-/m1/s1. The number of Topliss-reactive ketones (excluding diaryl/α,β-unsaturated/α-hetero) is 1. The summed E-state index contributed by atoms with van der Waals surface area (Å²) in [6, 6.07) is 5.48. The van der Waals surface area contributed by atoms with Gasteiger partial charge in [0.05, 0.1) is 23.6 Å². The highest BCUT2D eigenvalue weighted by atomic mass is 16.5. The number of carbonyl (C=O) groups excluding carboxylic acids is 3. The number of allylic oxidation sites excluding steroid dienone is 3. The average Bonchev–Trinajstić information content (AvgIpc) is 3.38. The molecule has 9 atom stereocenters. The Labute approximate surface area is 317 Å². The van der Waals surface area contributed by atoms with Crippen molar-refractivity contribution in [3.8, 4) is 0 Å². The van der Waals surface area contributed by atoms with Crippen LogP contribution in [0.2, 0.25) is 0 Å². The van der Waals surface area contributed by atoms with E-state index in [0.29, 0.717) is 24.2 Å². The van der Waals surface area contributed by atoms with Crippen LogP contribution in [-0.2, 0) is 23.9 Å². The number of hydrogen-bond acceptors (Lipinski definition) is 6. The third-order valence-corrected chi connectivity index (χ3v) is 15.6. The number of nitrogens with one attached hydrogen (secondary N) is 1. The topological polar surface area (TPSA) is 123 Å². The Morgan fingerprint density at radius 2 is 1.58 bits per heavy atom. The molecule has 0 aliphatic heterocycles. The second kappa shape index (κ2) is 13.5. The highest BCUT2D eigenvalue weighted by molar-refractivity contribution is 6.01. The summed E-state index contributed by atoms with van der Waals surface area (Å²) in [5.41, 5.74) is 1.26. The van der Waals surface area contributed by atoms with Crippen LogP contribution in [0.15, 0.2) is 47.7 Å². The summed E-state index contributed by atoms with van der Waals surface area (Å²) in [7, 11) is 0. The number of amides is 1. The lowest BCUT2D eigenvalue weighted by Crippen LogP contribution is -2.64. The number of pyridine rings is 1. The number of aliphatic carboxylic acids is 1. The van der Waals surface area contributed by atoms with Gasteiger partial charge in [0.1, 0.15) is 6.10 Å². The molecule has 1 amide bonds. The first kappa shape index (κ1) is 39.4. The number of rotatable bonds is 9. The SMILES string of the molecule is CC(C)C1=C2[C@@](/C=C/C(=O)N[C@H](C)c3ccccn3)(CC[C@H]3[C@]4(C)CC[C@H]5C(C)(C)[C@@H](OC(=O)CC(C)(C)C(=O)O)CC[C@]5(C)[C@H]4CC[C@]23C)CC1=O. The van der Waals surface area contributed by atoms with Crippen molar-refractivity contribution in [2.45, 2.75) is 146 Å². The Bertz CT molecular complexity index is 1710. The molecule has 4 saturated carbocycles. The van der Waals surface area contributed by atoms with Gasteiger partial charge in [0, 0.05) is 23.4 Å². The molecule has 1 heterocycles. The number of carboxylic acids is 1. The maximum Gasteiger partial charge on any atom is 0.309 e. The largest absolute Gasteiger partial charge is 0.481 e. The monoisotopic (exact) mass is 728 g/mol. The van der Waals surface area contributed by atoms with Gasteiger partial charge in [-0.15, -0.1) is 0 Å². The predicted molar refractivity (Wildman–Crippen MR) is 205 cm³/mol. The van der Waals surface area contributed by atoms with Crippen molar-refractivity contribution in [2.24, 2.45) is 56.2 Å². The molecule has 8 nitrogen and oxygen atoms in total. The van der Waals surface area contributed by atoms with E-state index in [1.54, 1.807) is 26.1 Å². The van der Waals surface area contributed by atoms with E-state index < -0.39 is 22.8 Å². The number of carbonyl (C=O) groups is 4. The van der Waals surface area contributed by atoms with Gasteiger partial charge in [0.25, 0.3) is 0 Å². The Hall–Kier alpha value is -3.29. The molecule has 0 saturated heterocycles. The summed E-state index contributed by atoms with van der Waals surface area (Å²) in [5, 5.41) is 12.7. The highest BCUT2D eigenvalue weighted by Crippen LogP contribution is 2.76. The Balaban J connectivity index is 1.27. The van der Waals surface area contributed by atoms with Crippen LogP contribution in [0.25, 0.3) is 0 Å². The molecular formula is C45H64N2O6. The van der Waals surface area contributed by atoms with Gasteiger partial charge in [-0.1, -0.05) is 60.6 Å². The van der Waals surface area contributed by atoms with E-state index in [1.807, 2.05) is 25.1 Å². The fraction of sp³-hybridized carbons (Fsp3) is 0.711. The number of esters is 1. The van der Waals surface area contributed by atoms with Crippen LogP contribution in [0.4, 0.5) is 0 Å². The van der Waals surface area contributed by atoms with Gasteiger partial charge in [0.2, 0.25) is 5.91 Å². The van der Waals surface area contributed by atoms with Crippen molar-refractivity contribution in [3.63, 3.8) is 0 Å². The number of fused-ring (bicyclic) bond motifs is 7. The normalized spacial score (nSPS) is 37.0. The molecule has 0 unspecified atom stereocenters. The zero-order valence-corrected chi connectivity index (χ0v) is 33.9. The lowest BCUT2D eigenvalue weighted by atomic mass is 9.34. The number of carboxylic acid groups (broad SMARTS) is 1. The minimum Gasteiger partial charge on any atom is -0.481 e. The van der Waals surface area contributed by atoms with E-state index >= 15 is 0 Å². The molecular weight excluding hydrogens is 665 g/mol. The summed E-state index contributed by atoms with van der Waals surface area (Å²) < 4.78 is 6.16. The summed E-state index contributed by atoms with van der Waals surface area (Å²) in [5.74, 6) is 0.0558. The Morgan fingerprint density at radius 3 is 2.23 bits per heavy atom. The molecule has 290 valence electrons. The van der Waals surface area contributed by atoms with Crippen LogP contribution in [0, 0.1) is 56.2 Å². The van der Waals surface area contributed by atoms with E-state index in [-0.39, 0.29) is 57.8 Å². The van der Waals surface area contributed by atoms with Crippen molar-refractivity contribution >= 4 is 23.6 Å². The second-order valence-corrected chi connectivity index (χ2v) is 19.9. The number of hydrogen-bond donors (Lipinski definition) is 2. The molecule has 5 aliphatic rings.